The second kappa shape index (κ2) is 7.83. The zero-order chi connectivity index (χ0) is 18.7. The number of fused-ring (bicyclic) bond motifs is 1. The van der Waals surface area contributed by atoms with E-state index in [4.69, 9.17) is 0 Å². The molecule has 1 heterocycles. The Hall–Kier alpha value is -2.47. The van der Waals surface area contributed by atoms with Crippen LogP contribution in [0.5, 0.6) is 0 Å². The third-order valence-corrected chi connectivity index (χ3v) is 4.64. The zero-order valence-corrected chi connectivity index (χ0v) is 15.0. The van der Waals surface area contributed by atoms with Gasteiger partial charge in [0.2, 0.25) is 0 Å². The van der Waals surface area contributed by atoms with Gasteiger partial charge in [-0.3, -0.25) is 4.79 Å². The van der Waals surface area contributed by atoms with Crippen molar-refractivity contribution in [2.75, 3.05) is 6.61 Å². The van der Waals surface area contributed by atoms with E-state index in [9.17, 15) is 15.0 Å². The summed E-state index contributed by atoms with van der Waals surface area (Å²) in [6.07, 6.45) is -0.856. The predicted molar refractivity (Wildman–Crippen MR) is 103 cm³/mol. The minimum atomic E-state index is -0.856. The first-order valence-electron chi connectivity index (χ1n) is 8.70. The van der Waals surface area contributed by atoms with Crippen LogP contribution in [0, 0.1) is 13.8 Å². The Morgan fingerprint density at radius 3 is 2.54 bits per heavy atom. The minimum Gasteiger partial charge on any atom is -0.395 e. The number of hydrogen-bond acceptors (Lipinski definition) is 4. The van der Waals surface area contributed by atoms with Crippen LogP contribution in [0.3, 0.4) is 0 Å². The molecule has 0 amide bonds. The van der Waals surface area contributed by atoms with Crippen molar-refractivity contribution in [1.82, 2.24) is 10.3 Å². The molecule has 2 atom stereocenters. The van der Waals surface area contributed by atoms with Crippen LogP contribution in [0.2, 0.25) is 0 Å². The summed E-state index contributed by atoms with van der Waals surface area (Å²) in [4.78, 5) is 15.3. The van der Waals surface area contributed by atoms with Gasteiger partial charge >= 0.3 is 0 Å². The highest BCUT2D eigenvalue weighted by molar-refractivity contribution is 5.82. The van der Waals surface area contributed by atoms with Crippen LogP contribution in [0.4, 0.5) is 0 Å². The number of pyridine rings is 1. The lowest BCUT2D eigenvalue weighted by Gasteiger charge is -2.22. The van der Waals surface area contributed by atoms with Crippen molar-refractivity contribution in [3.05, 3.63) is 81.1 Å². The van der Waals surface area contributed by atoms with E-state index in [-0.39, 0.29) is 18.7 Å². The molecule has 3 aromatic rings. The normalized spacial score (nSPS) is 13.7. The first kappa shape index (κ1) is 18.3. The van der Waals surface area contributed by atoms with Crippen LogP contribution in [0.25, 0.3) is 10.9 Å². The van der Waals surface area contributed by atoms with Crippen molar-refractivity contribution in [1.29, 1.82) is 0 Å². The first-order valence-corrected chi connectivity index (χ1v) is 8.70. The van der Waals surface area contributed by atoms with Gasteiger partial charge in [-0.15, -0.1) is 0 Å². The number of benzene rings is 2. The molecule has 0 aliphatic carbocycles. The maximum absolute atomic E-state index is 12.4. The Bertz CT molecular complexity index is 951. The highest BCUT2D eigenvalue weighted by atomic mass is 16.3. The van der Waals surface area contributed by atoms with E-state index in [1.807, 2.05) is 62.4 Å². The zero-order valence-electron chi connectivity index (χ0n) is 15.0. The number of aromatic nitrogens is 1. The predicted octanol–water partition coefficient (Wildman–Crippen LogP) is 2.33. The Kier molecular flexibility index (Phi) is 5.52. The highest BCUT2D eigenvalue weighted by Crippen LogP contribution is 2.19. The lowest BCUT2D eigenvalue weighted by molar-refractivity contribution is 0.0891. The summed E-state index contributed by atoms with van der Waals surface area (Å²) in [5, 5.41) is 24.2. The Morgan fingerprint density at radius 1 is 1.12 bits per heavy atom. The van der Waals surface area contributed by atoms with Crippen LogP contribution in [-0.4, -0.2) is 27.8 Å². The number of aliphatic hydroxyl groups is 2. The molecule has 26 heavy (non-hydrogen) atoms. The van der Waals surface area contributed by atoms with Crippen LogP contribution < -0.4 is 10.9 Å². The van der Waals surface area contributed by atoms with Gasteiger partial charge in [0.25, 0.3) is 5.56 Å². The number of aliphatic hydroxyl groups excluding tert-OH is 2. The van der Waals surface area contributed by atoms with Gasteiger partial charge in [-0.25, -0.2) is 0 Å². The van der Waals surface area contributed by atoms with Crippen LogP contribution in [0.15, 0.2) is 53.3 Å². The number of rotatable bonds is 6. The summed E-state index contributed by atoms with van der Waals surface area (Å²) in [6.45, 7) is 4.02. The fourth-order valence-electron chi connectivity index (χ4n) is 3.26. The number of aryl methyl sites for hydroxylation is 2. The highest BCUT2D eigenvalue weighted by Gasteiger charge is 2.20. The Labute approximate surface area is 152 Å². The monoisotopic (exact) mass is 352 g/mol. The summed E-state index contributed by atoms with van der Waals surface area (Å²) in [5.41, 5.74) is 4.13. The maximum Gasteiger partial charge on any atom is 0.252 e. The lowest BCUT2D eigenvalue weighted by atomic mass is 10.0. The number of hydrogen-bond donors (Lipinski definition) is 4. The van der Waals surface area contributed by atoms with Gasteiger partial charge in [0, 0.05) is 12.1 Å². The van der Waals surface area contributed by atoms with E-state index in [0.717, 1.165) is 27.6 Å². The standard InChI is InChI=1S/C21H24N2O3/c1-13-8-14(2)19-16(9-13)10-17(21(26)23-19)11-22-18(12-24)20(25)15-6-4-3-5-7-15/h3-10,18,20,22,24-25H,11-12H2,1-2H3,(H,23,26)/t18-,20-/m0/s1. The molecular formula is C21H24N2O3. The van der Waals surface area contributed by atoms with Gasteiger partial charge in [0.1, 0.15) is 0 Å². The van der Waals surface area contributed by atoms with Crippen molar-refractivity contribution < 1.29 is 10.2 Å². The average Bonchev–Trinajstić information content (AvgIpc) is 2.63. The van der Waals surface area contributed by atoms with E-state index in [0.29, 0.717) is 5.56 Å². The Morgan fingerprint density at radius 2 is 1.85 bits per heavy atom. The molecular weight excluding hydrogens is 328 g/mol. The lowest BCUT2D eigenvalue weighted by Crippen LogP contribution is -2.38. The quantitative estimate of drug-likeness (QED) is 0.548. The molecule has 0 spiro atoms. The summed E-state index contributed by atoms with van der Waals surface area (Å²) < 4.78 is 0. The summed E-state index contributed by atoms with van der Waals surface area (Å²) in [7, 11) is 0. The largest absolute Gasteiger partial charge is 0.395 e. The van der Waals surface area contributed by atoms with E-state index in [2.05, 4.69) is 10.3 Å². The van der Waals surface area contributed by atoms with Gasteiger partial charge < -0.3 is 20.5 Å². The second-order valence-corrected chi connectivity index (χ2v) is 6.70. The van der Waals surface area contributed by atoms with Crippen molar-refractivity contribution in [3.8, 4) is 0 Å². The second-order valence-electron chi connectivity index (χ2n) is 6.70. The first-order chi connectivity index (χ1) is 12.5. The minimum absolute atomic E-state index is 0.164. The molecule has 0 saturated carbocycles. The summed E-state index contributed by atoms with van der Waals surface area (Å²) >= 11 is 0. The average molecular weight is 352 g/mol. The smallest absolute Gasteiger partial charge is 0.252 e. The molecule has 4 N–H and O–H groups in total. The van der Waals surface area contributed by atoms with Crippen molar-refractivity contribution in [2.45, 2.75) is 32.5 Å². The Balaban J connectivity index is 1.82. The van der Waals surface area contributed by atoms with Crippen molar-refractivity contribution in [2.24, 2.45) is 0 Å². The number of nitrogens with one attached hydrogen (secondary N) is 2. The molecule has 5 nitrogen and oxygen atoms in total. The summed E-state index contributed by atoms with van der Waals surface area (Å²) in [6, 6.07) is 14.5. The molecule has 136 valence electrons. The molecule has 2 aromatic carbocycles. The molecule has 0 saturated heterocycles. The van der Waals surface area contributed by atoms with E-state index >= 15 is 0 Å². The van der Waals surface area contributed by atoms with Gasteiger partial charge in [0.05, 0.1) is 24.3 Å². The fourth-order valence-corrected chi connectivity index (χ4v) is 3.26. The SMILES string of the molecule is Cc1cc(C)c2[nH]c(=O)c(CN[C@@H](CO)[C@@H](O)c3ccccc3)cc2c1. The van der Waals surface area contributed by atoms with Gasteiger partial charge in [-0.05, 0) is 42.5 Å². The molecule has 0 aliphatic rings. The van der Waals surface area contributed by atoms with Gasteiger partial charge in [-0.2, -0.15) is 0 Å². The van der Waals surface area contributed by atoms with E-state index in [1.165, 1.54) is 0 Å². The molecule has 0 bridgehead atoms. The number of aromatic amines is 1. The molecule has 3 rings (SSSR count). The topological polar surface area (TPSA) is 85.4 Å². The van der Waals surface area contributed by atoms with Crippen LogP contribution >= 0.6 is 0 Å². The van der Waals surface area contributed by atoms with Gasteiger partial charge in [-0.1, -0.05) is 42.0 Å². The molecule has 0 fully saturated rings. The van der Waals surface area contributed by atoms with E-state index in [1.54, 1.807) is 0 Å². The third-order valence-electron chi connectivity index (χ3n) is 4.64. The molecule has 5 heteroatoms. The molecule has 0 aliphatic heterocycles. The molecule has 0 radical (unpaired) electrons. The number of H-pyrrole nitrogens is 1. The van der Waals surface area contributed by atoms with Crippen LogP contribution in [-0.2, 0) is 6.54 Å². The van der Waals surface area contributed by atoms with Crippen molar-refractivity contribution in [3.63, 3.8) is 0 Å². The molecule has 1 aromatic heterocycles. The van der Waals surface area contributed by atoms with Gasteiger partial charge in [0.15, 0.2) is 0 Å². The third kappa shape index (κ3) is 3.85. The molecule has 0 unspecified atom stereocenters. The maximum atomic E-state index is 12.4. The van der Waals surface area contributed by atoms with E-state index < -0.39 is 12.1 Å². The van der Waals surface area contributed by atoms with Crippen LogP contribution in [0.1, 0.15) is 28.4 Å². The summed E-state index contributed by atoms with van der Waals surface area (Å²) in [5.74, 6) is 0. The van der Waals surface area contributed by atoms with Crippen molar-refractivity contribution >= 4 is 10.9 Å². The fraction of sp³-hybridized carbons (Fsp3) is 0.286.